The molecule has 0 saturated heterocycles. The molecule has 4 heteroatoms. The third kappa shape index (κ3) is 8.60. The Hall–Kier alpha value is -3.14. The van der Waals surface area contributed by atoms with Crippen LogP contribution in [0.15, 0.2) is 73.8 Å². The zero-order valence-electron chi connectivity index (χ0n) is 16.8. The van der Waals surface area contributed by atoms with Gasteiger partial charge in [0, 0.05) is 12.8 Å². The van der Waals surface area contributed by atoms with Crippen molar-refractivity contribution in [2.45, 2.75) is 32.1 Å². The fourth-order valence-electron chi connectivity index (χ4n) is 2.72. The molecular weight excluding hydrogens is 364 g/mol. The topological polar surface area (TPSA) is 52.6 Å². The minimum absolute atomic E-state index is 0.0446. The van der Waals surface area contributed by atoms with Gasteiger partial charge in [-0.05, 0) is 66.8 Å². The minimum atomic E-state index is 0.0446. The maximum Gasteiger partial charge on any atom is 0.155 e. The largest absolute Gasteiger partial charge is 0.494 e. The van der Waals surface area contributed by atoms with E-state index in [-0.39, 0.29) is 11.6 Å². The van der Waals surface area contributed by atoms with Crippen LogP contribution in [0.4, 0.5) is 0 Å². The molecule has 2 aromatic rings. The molecule has 0 unspecified atom stereocenters. The van der Waals surface area contributed by atoms with E-state index in [1.807, 2.05) is 48.5 Å². The number of allylic oxidation sites excluding steroid dienone is 2. The van der Waals surface area contributed by atoms with Crippen molar-refractivity contribution in [3.63, 3.8) is 0 Å². The van der Waals surface area contributed by atoms with Crippen LogP contribution in [0, 0.1) is 0 Å². The lowest BCUT2D eigenvalue weighted by atomic mass is 10.0. The predicted molar refractivity (Wildman–Crippen MR) is 116 cm³/mol. The molecule has 152 valence electrons. The first-order valence-electron chi connectivity index (χ1n) is 9.84. The lowest BCUT2D eigenvalue weighted by molar-refractivity contribution is -0.115. The van der Waals surface area contributed by atoms with E-state index in [4.69, 9.17) is 9.47 Å². The number of hydrogen-bond acceptors (Lipinski definition) is 4. The summed E-state index contributed by atoms with van der Waals surface area (Å²) < 4.78 is 11.3. The number of carbonyl (C=O) groups excluding carboxylic acids is 2. The Bertz CT molecular complexity index is 734. The molecule has 2 aromatic carbocycles. The average molecular weight is 392 g/mol. The fourth-order valence-corrected chi connectivity index (χ4v) is 2.72. The van der Waals surface area contributed by atoms with Crippen LogP contribution in [0.3, 0.4) is 0 Å². The van der Waals surface area contributed by atoms with Gasteiger partial charge in [-0.2, -0.15) is 0 Å². The van der Waals surface area contributed by atoms with Crippen LogP contribution < -0.4 is 9.47 Å². The summed E-state index contributed by atoms with van der Waals surface area (Å²) in [6, 6.07) is 16.0. The number of rotatable bonds is 14. The molecule has 0 fully saturated rings. The zero-order valence-corrected chi connectivity index (χ0v) is 16.8. The molecule has 0 amide bonds. The van der Waals surface area contributed by atoms with Crippen molar-refractivity contribution in [2.75, 3.05) is 13.2 Å². The number of benzene rings is 2. The summed E-state index contributed by atoms with van der Waals surface area (Å²) in [5.74, 6) is 1.70. The average Bonchev–Trinajstić information content (AvgIpc) is 2.76. The van der Waals surface area contributed by atoms with Gasteiger partial charge in [-0.1, -0.05) is 37.4 Å². The standard InChI is InChI=1S/C25H28O4/c1-3-22(26)7-5-17-28-24-13-9-20(10-14-24)19-21-11-15-25(16-12-21)29-18-6-8-23(27)4-2/h3-4,9-16H,1-2,5-8,17-19H2. The molecule has 0 heterocycles. The van der Waals surface area contributed by atoms with Crippen LogP contribution in [-0.2, 0) is 16.0 Å². The molecule has 0 bridgehead atoms. The molecule has 0 spiro atoms. The highest BCUT2D eigenvalue weighted by Crippen LogP contribution is 2.18. The summed E-state index contributed by atoms with van der Waals surface area (Å²) in [5.41, 5.74) is 2.38. The smallest absolute Gasteiger partial charge is 0.155 e. The van der Waals surface area contributed by atoms with E-state index >= 15 is 0 Å². The van der Waals surface area contributed by atoms with E-state index in [0.717, 1.165) is 17.9 Å². The molecule has 29 heavy (non-hydrogen) atoms. The number of hydrogen-bond donors (Lipinski definition) is 0. The van der Waals surface area contributed by atoms with Crippen LogP contribution >= 0.6 is 0 Å². The molecule has 0 aliphatic carbocycles. The Morgan fingerprint density at radius 3 is 1.41 bits per heavy atom. The molecule has 0 aliphatic heterocycles. The summed E-state index contributed by atoms with van der Waals surface area (Å²) in [6.45, 7) is 7.95. The van der Waals surface area contributed by atoms with E-state index in [9.17, 15) is 9.59 Å². The first kappa shape index (κ1) is 22.2. The SMILES string of the molecule is C=CC(=O)CCCOc1ccc(Cc2ccc(OCCCC(=O)C=C)cc2)cc1. The second-order valence-electron chi connectivity index (χ2n) is 6.71. The molecule has 0 aromatic heterocycles. The lowest BCUT2D eigenvalue weighted by Gasteiger charge is -2.08. The molecule has 0 saturated carbocycles. The van der Waals surface area contributed by atoms with Crippen LogP contribution in [0.2, 0.25) is 0 Å². The number of ether oxygens (including phenoxy) is 2. The van der Waals surface area contributed by atoms with Crippen molar-refractivity contribution in [3.8, 4) is 11.5 Å². The van der Waals surface area contributed by atoms with Crippen LogP contribution in [-0.4, -0.2) is 24.8 Å². The fraction of sp³-hybridized carbons (Fsp3) is 0.280. The van der Waals surface area contributed by atoms with Gasteiger partial charge in [0.2, 0.25) is 0 Å². The summed E-state index contributed by atoms with van der Waals surface area (Å²) in [7, 11) is 0. The first-order chi connectivity index (χ1) is 14.1. The second-order valence-corrected chi connectivity index (χ2v) is 6.71. The summed E-state index contributed by atoms with van der Waals surface area (Å²) >= 11 is 0. The van der Waals surface area contributed by atoms with E-state index in [2.05, 4.69) is 13.2 Å². The molecule has 2 rings (SSSR count). The van der Waals surface area contributed by atoms with Gasteiger partial charge in [0.15, 0.2) is 11.6 Å². The van der Waals surface area contributed by atoms with E-state index in [0.29, 0.717) is 38.9 Å². The van der Waals surface area contributed by atoms with Gasteiger partial charge in [0.25, 0.3) is 0 Å². The highest BCUT2D eigenvalue weighted by atomic mass is 16.5. The van der Waals surface area contributed by atoms with Gasteiger partial charge < -0.3 is 9.47 Å². The molecule has 0 radical (unpaired) electrons. The van der Waals surface area contributed by atoms with Gasteiger partial charge in [-0.25, -0.2) is 0 Å². The molecule has 4 nitrogen and oxygen atoms in total. The van der Waals surface area contributed by atoms with Crippen molar-refractivity contribution >= 4 is 11.6 Å². The van der Waals surface area contributed by atoms with E-state index in [1.165, 1.54) is 23.3 Å². The van der Waals surface area contributed by atoms with Crippen LogP contribution in [0.25, 0.3) is 0 Å². The van der Waals surface area contributed by atoms with Gasteiger partial charge in [-0.15, -0.1) is 0 Å². The quantitative estimate of drug-likeness (QED) is 0.331. The Morgan fingerprint density at radius 2 is 1.07 bits per heavy atom. The van der Waals surface area contributed by atoms with Crippen molar-refractivity contribution in [1.29, 1.82) is 0 Å². The lowest BCUT2D eigenvalue weighted by Crippen LogP contribution is -2.01. The number of ketones is 2. The Kier molecular flexibility index (Phi) is 9.43. The second kappa shape index (κ2) is 12.3. The van der Waals surface area contributed by atoms with E-state index < -0.39 is 0 Å². The van der Waals surface area contributed by atoms with Crippen LogP contribution in [0.5, 0.6) is 11.5 Å². The van der Waals surface area contributed by atoms with Crippen molar-refractivity contribution in [1.82, 2.24) is 0 Å². The van der Waals surface area contributed by atoms with Crippen molar-refractivity contribution in [2.24, 2.45) is 0 Å². The first-order valence-corrected chi connectivity index (χ1v) is 9.84. The predicted octanol–water partition coefficient (Wildman–Crippen LogP) is 5.11. The van der Waals surface area contributed by atoms with Crippen molar-refractivity contribution < 1.29 is 19.1 Å². The highest BCUT2D eigenvalue weighted by Gasteiger charge is 2.02. The van der Waals surface area contributed by atoms with Gasteiger partial charge in [0.05, 0.1) is 13.2 Å². The maximum atomic E-state index is 11.2. The summed E-state index contributed by atoms with van der Waals surface area (Å²) in [4.78, 5) is 22.3. The monoisotopic (exact) mass is 392 g/mol. The van der Waals surface area contributed by atoms with Gasteiger partial charge >= 0.3 is 0 Å². The Morgan fingerprint density at radius 1 is 0.690 bits per heavy atom. The zero-order chi connectivity index (χ0) is 20.9. The van der Waals surface area contributed by atoms with Crippen LogP contribution in [0.1, 0.15) is 36.8 Å². The third-order valence-corrected chi connectivity index (χ3v) is 4.38. The molecule has 0 aliphatic rings. The minimum Gasteiger partial charge on any atom is -0.494 e. The molecular formula is C25H28O4. The molecule has 0 atom stereocenters. The van der Waals surface area contributed by atoms with E-state index in [1.54, 1.807) is 0 Å². The normalized spacial score (nSPS) is 10.2. The summed E-state index contributed by atoms with van der Waals surface area (Å²) in [5, 5.41) is 0. The summed E-state index contributed by atoms with van der Waals surface area (Å²) in [6.07, 6.45) is 5.82. The number of carbonyl (C=O) groups is 2. The highest BCUT2D eigenvalue weighted by molar-refractivity contribution is 5.89. The van der Waals surface area contributed by atoms with Gasteiger partial charge in [-0.3, -0.25) is 9.59 Å². The molecule has 0 N–H and O–H groups in total. The maximum absolute atomic E-state index is 11.2. The van der Waals surface area contributed by atoms with Crippen molar-refractivity contribution in [3.05, 3.63) is 85.0 Å². The Balaban J connectivity index is 1.73. The Labute approximate surface area is 172 Å². The third-order valence-electron chi connectivity index (χ3n) is 4.38. The van der Waals surface area contributed by atoms with Gasteiger partial charge in [0.1, 0.15) is 11.5 Å².